The minimum atomic E-state index is -0.760. The van der Waals surface area contributed by atoms with E-state index in [-0.39, 0.29) is 5.92 Å². The van der Waals surface area contributed by atoms with Gasteiger partial charge in [-0.05, 0) is 38.0 Å². The molecule has 2 aromatic rings. The molecule has 1 heterocycles. The van der Waals surface area contributed by atoms with E-state index in [0.29, 0.717) is 12.5 Å². The number of fused-ring (bicyclic) bond motifs is 1. The van der Waals surface area contributed by atoms with Crippen LogP contribution in [0.25, 0.3) is 10.9 Å². The highest BCUT2D eigenvalue weighted by atomic mass is 16.5. The van der Waals surface area contributed by atoms with Crippen molar-refractivity contribution in [3.63, 3.8) is 0 Å². The predicted molar refractivity (Wildman–Crippen MR) is 79.4 cm³/mol. The highest BCUT2D eigenvalue weighted by Crippen LogP contribution is 2.29. The number of hydrogen-bond donors (Lipinski definition) is 1. The molecule has 1 aromatic heterocycles. The highest BCUT2D eigenvalue weighted by Gasteiger charge is 2.17. The fourth-order valence-electron chi connectivity index (χ4n) is 2.44. The predicted octanol–water partition coefficient (Wildman–Crippen LogP) is 3.49. The zero-order valence-corrected chi connectivity index (χ0v) is 12.4. The Bertz CT molecular complexity index is 628. The van der Waals surface area contributed by atoms with Gasteiger partial charge >= 0.3 is 5.97 Å². The summed E-state index contributed by atoms with van der Waals surface area (Å²) in [6, 6.07) is 6.25. The third-order valence-electron chi connectivity index (χ3n) is 3.63. The third kappa shape index (κ3) is 2.64. The topological polar surface area (TPSA) is 51.5 Å². The molecule has 0 spiro atoms. The summed E-state index contributed by atoms with van der Waals surface area (Å²) in [5.74, 6) is -0.331. The molecular weight excluding hydrogens is 254 g/mol. The third-order valence-corrected chi connectivity index (χ3v) is 3.63. The van der Waals surface area contributed by atoms with Crippen molar-refractivity contribution < 1.29 is 14.6 Å². The lowest BCUT2D eigenvalue weighted by Gasteiger charge is -2.09. The van der Waals surface area contributed by atoms with Crippen molar-refractivity contribution in [3.05, 3.63) is 30.0 Å². The Kier molecular flexibility index (Phi) is 4.02. The van der Waals surface area contributed by atoms with Gasteiger partial charge in [0.15, 0.2) is 0 Å². The first-order valence-electron chi connectivity index (χ1n) is 6.84. The van der Waals surface area contributed by atoms with E-state index in [1.165, 1.54) is 0 Å². The van der Waals surface area contributed by atoms with Crippen molar-refractivity contribution in [1.29, 1.82) is 0 Å². The van der Waals surface area contributed by atoms with Crippen LogP contribution in [0.1, 0.15) is 32.4 Å². The molecule has 4 nitrogen and oxygen atoms in total. The van der Waals surface area contributed by atoms with Gasteiger partial charge in [-0.25, -0.2) is 0 Å². The second-order valence-electron chi connectivity index (χ2n) is 5.48. The van der Waals surface area contributed by atoms with Crippen molar-refractivity contribution in [3.8, 4) is 5.75 Å². The van der Waals surface area contributed by atoms with Gasteiger partial charge in [-0.3, -0.25) is 4.79 Å². The van der Waals surface area contributed by atoms with Gasteiger partial charge in [0.1, 0.15) is 5.75 Å². The van der Waals surface area contributed by atoms with Gasteiger partial charge in [0, 0.05) is 23.7 Å². The molecule has 1 atom stereocenters. The Morgan fingerprint density at radius 3 is 2.60 bits per heavy atom. The molecule has 1 unspecified atom stereocenters. The molecule has 0 aliphatic carbocycles. The molecule has 0 saturated carbocycles. The zero-order chi connectivity index (χ0) is 14.9. The Labute approximate surface area is 119 Å². The van der Waals surface area contributed by atoms with Gasteiger partial charge in [0.25, 0.3) is 0 Å². The van der Waals surface area contributed by atoms with Crippen LogP contribution in [-0.2, 0) is 11.2 Å². The Morgan fingerprint density at radius 1 is 1.35 bits per heavy atom. The SMILES string of the molecule is COc1ccc2c(CC(C)C(=O)O)cn(C(C)C)c2c1. The molecule has 0 bridgehead atoms. The summed E-state index contributed by atoms with van der Waals surface area (Å²) in [6.45, 7) is 5.97. The van der Waals surface area contributed by atoms with Gasteiger partial charge in [-0.15, -0.1) is 0 Å². The maximum atomic E-state index is 11.1. The largest absolute Gasteiger partial charge is 0.497 e. The number of aromatic nitrogens is 1. The molecule has 1 aromatic carbocycles. The van der Waals surface area contributed by atoms with E-state index in [2.05, 4.69) is 24.6 Å². The Morgan fingerprint density at radius 2 is 2.05 bits per heavy atom. The summed E-state index contributed by atoms with van der Waals surface area (Å²) < 4.78 is 7.45. The van der Waals surface area contributed by atoms with Gasteiger partial charge in [-0.2, -0.15) is 0 Å². The second-order valence-corrected chi connectivity index (χ2v) is 5.48. The van der Waals surface area contributed by atoms with Crippen LogP contribution in [0, 0.1) is 5.92 Å². The van der Waals surface area contributed by atoms with E-state index in [0.717, 1.165) is 22.2 Å². The molecule has 20 heavy (non-hydrogen) atoms. The first-order valence-corrected chi connectivity index (χ1v) is 6.84. The number of rotatable bonds is 5. The first kappa shape index (κ1) is 14.4. The van der Waals surface area contributed by atoms with Gasteiger partial charge in [0.2, 0.25) is 0 Å². The molecule has 0 aliphatic rings. The Hall–Kier alpha value is -1.97. The number of carboxylic acid groups (broad SMARTS) is 1. The molecule has 4 heteroatoms. The summed E-state index contributed by atoms with van der Waals surface area (Å²) in [7, 11) is 1.65. The maximum absolute atomic E-state index is 11.1. The fraction of sp³-hybridized carbons (Fsp3) is 0.438. The van der Waals surface area contributed by atoms with Crippen LogP contribution in [0.3, 0.4) is 0 Å². The Balaban J connectivity index is 2.53. The van der Waals surface area contributed by atoms with E-state index in [4.69, 9.17) is 9.84 Å². The molecule has 0 saturated heterocycles. The molecule has 2 rings (SSSR count). The summed E-state index contributed by atoms with van der Waals surface area (Å²) >= 11 is 0. The average Bonchev–Trinajstić information content (AvgIpc) is 2.76. The van der Waals surface area contributed by atoms with Crippen molar-refractivity contribution in [2.24, 2.45) is 5.92 Å². The van der Waals surface area contributed by atoms with Gasteiger partial charge in [0.05, 0.1) is 18.5 Å². The smallest absolute Gasteiger partial charge is 0.306 e. The monoisotopic (exact) mass is 275 g/mol. The van der Waals surface area contributed by atoms with E-state index in [1.54, 1.807) is 14.0 Å². The van der Waals surface area contributed by atoms with Gasteiger partial charge < -0.3 is 14.4 Å². The van der Waals surface area contributed by atoms with Crippen molar-refractivity contribution >= 4 is 16.9 Å². The molecule has 0 amide bonds. The summed E-state index contributed by atoms with van der Waals surface area (Å²) in [5.41, 5.74) is 2.16. The van der Waals surface area contributed by atoms with E-state index < -0.39 is 5.97 Å². The number of ether oxygens (including phenoxy) is 1. The second kappa shape index (κ2) is 5.57. The van der Waals surface area contributed by atoms with E-state index >= 15 is 0 Å². The van der Waals surface area contributed by atoms with Crippen molar-refractivity contribution in [1.82, 2.24) is 4.57 Å². The number of methoxy groups -OCH3 is 1. The van der Waals surface area contributed by atoms with Gasteiger partial charge in [-0.1, -0.05) is 6.92 Å². The van der Waals surface area contributed by atoms with Crippen molar-refractivity contribution in [2.75, 3.05) is 7.11 Å². The number of hydrogen-bond acceptors (Lipinski definition) is 2. The highest BCUT2D eigenvalue weighted by molar-refractivity contribution is 5.86. The van der Waals surface area contributed by atoms with Crippen LogP contribution in [0.5, 0.6) is 5.75 Å². The zero-order valence-electron chi connectivity index (χ0n) is 12.4. The molecular formula is C16H21NO3. The maximum Gasteiger partial charge on any atom is 0.306 e. The van der Waals surface area contributed by atoms with Crippen LogP contribution in [0.15, 0.2) is 24.4 Å². The fourth-order valence-corrected chi connectivity index (χ4v) is 2.44. The van der Waals surface area contributed by atoms with E-state index in [9.17, 15) is 4.79 Å². The standard InChI is InChI=1S/C16H21NO3/c1-10(2)17-9-12(7-11(3)16(18)19)14-6-5-13(20-4)8-15(14)17/h5-6,8-11H,7H2,1-4H3,(H,18,19). The van der Waals surface area contributed by atoms with Crippen LogP contribution >= 0.6 is 0 Å². The van der Waals surface area contributed by atoms with Crippen LogP contribution in [-0.4, -0.2) is 22.8 Å². The lowest BCUT2D eigenvalue weighted by Crippen LogP contribution is -2.12. The molecule has 0 fully saturated rings. The molecule has 0 aliphatic heterocycles. The molecule has 0 radical (unpaired) electrons. The van der Waals surface area contributed by atoms with Crippen LogP contribution in [0.2, 0.25) is 0 Å². The summed E-state index contributed by atoms with van der Waals surface area (Å²) in [5, 5.41) is 10.2. The molecule has 1 N–H and O–H groups in total. The number of carbonyl (C=O) groups is 1. The number of carboxylic acids is 1. The lowest BCUT2D eigenvalue weighted by atomic mass is 10.0. The number of benzene rings is 1. The quantitative estimate of drug-likeness (QED) is 0.908. The number of nitrogens with zero attached hydrogens (tertiary/aromatic N) is 1. The summed E-state index contributed by atoms with van der Waals surface area (Å²) in [4.78, 5) is 11.1. The minimum absolute atomic E-state index is 0.318. The number of aliphatic carboxylic acids is 1. The van der Waals surface area contributed by atoms with Crippen molar-refractivity contribution in [2.45, 2.75) is 33.2 Å². The first-order chi connectivity index (χ1) is 9.43. The summed E-state index contributed by atoms with van der Waals surface area (Å²) in [6.07, 6.45) is 2.60. The molecule has 108 valence electrons. The minimum Gasteiger partial charge on any atom is -0.497 e. The lowest BCUT2D eigenvalue weighted by molar-refractivity contribution is -0.141. The normalized spacial score (nSPS) is 12.8. The van der Waals surface area contributed by atoms with Crippen LogP contribution < -0.4 is 4.74 Å². The van der Waals surface area contributed by atoms with E-state index in [1.807, 2.05) is 18.2 Å². The average molecular weight is 275 g/mol. The van der Waals surface area contributed by atoms with Crippen LogP contribution in [0.4, 0.5) is 0 Å².